The van der Waals surface area contributed by atoms with Gasteiger partial charge in [0.1, 0.15) is 0 Å². The lowest BCUT2D eigenvalue weighted by molar-refractivity contribution is 0.641. The third-order valence-corrected chi connectivity index (χ3v) is 3.04. The molecule has 0 fully saturated rings. The molecule has 1 unspecified atom stereocenters. The molecule has 0 saturated carbocycles. The van der Waals surface area contributed by atoms with Crippen LogP contribution < -0.4 is 0 Å². The van der Waals surface area contributed by atoms with Crippen LogP contribution in [0.25, 0.3) is 0 Å². The summed E-state index contributed by atoms with van der Waals surface area (Å²) in [6, 6.07) is 0. The minimum Gasteiger partial charge on any atom is -0.103 e. The first kappa shape index (κ1) is 11.5. The summed E-state index contributed by atoms with van der Waals surface area (Å²) in [7, 11) is 0. The molecule has 0 N–H and O–H groups in total. The summed E-state index contributed by atoms with van der Waals surface area (Å²) in [5.74, 6) is 0. The highest BCUT2D eigenvalue weighted by Gasteiger charge is 2.01. The molecule has 0 saturated heterocycles. The van der Waals surface area contributed by atoms with Crippen LogP contribution in [0.5, 0.6) is 0 Å². The Morgan fingerprint density at radius 1 is 1.36 bits per heavy atom. The van der Waals surface area contributed by atoms with Crippen LogP contribution in [-0.2, 0) is 0 Å². The van der Waals surface area contributed by atoms with E-state index in [1.54, 1.807) is 0 Å². The largest absolute Gasteiger partial charge is 0.103 e. The predicted octanol–water partition coefficient (Wildman–Crippen LogP) is 4.34. The highest BCUT2D eigenvalue weighted by Crippen LogP contribution is 2.16. The second-order valence-electron chi connectivity index (χ2n) is 2.96. The highest BCUT2D eigenvalue weighted by molar-refractivity contribution is 14.1. The number of alkyl halides is 1. The Morgan fingerprint density at radius 3 is 2.55 bits per heavy atom. The van der Waals surface area contributed by atoms with Crippen molar-refractivity contribution in [2.75, 3.05) is 0 Å². The molecule has 0 aliphatic rings. The van der Waals surface area contributed by atoms with E-state index in [0.29, 0.717) is 0 Å². The van der Waals surface area contributed by atoms with Gasteiger partial charge in [0.05, 0.1) is 0 Å². The fourth-order valence-electron chi connectivity index (χ4n) is 1.05. The second kappa shape index (κ2) is 8.57. The van der Waals surface area contributed by atoms with E-state index in [1.165, 1.54) is 38.5 Å². The normalized spacial score (nSPS) is 12.9. The molecule has 66 valence electrons. The third-order valence-electron chi connectivity index (χ3n) is 1.80. The number of hydrogen-bond acceptors (Lipinski definition) is 0. The molecule has 0 aliphatic heterocycles. The van der Waals surface area contributed by atoms with E-state index in [9.17, 15) is 0 Å². The molecule has 0 heterocycles. The second-order valence-corrected chi connectivity index (χ2v) is 4.72. The quantitative estimate of drug-likeness (QED) is 0.278. The Bertz CT molecular complexity index is 88.9. The number of rotatable bonds is 7. The molecular formula is C10H19I. The lowest BCUT2D eigenvalue weighted by Crippen LogP contribution is -1.96. The molecule has 0 amide bonds. The Hall–Kier alpha value is 0.470. The Balaban J connectivity index is 3.08. The zero-order chi connectivity index (χ0) is 8.53. The van der Waals surface area contributed by atoms with Gasteiger partial charge in [0.25, 0.3) is 0 Å². The number of unbranched alkanes of at least 4 members (excludes halogenated alkanes) is 2. The summed E-state index contributed by atoms with van der Waals surface area (Å²) in [6.45, 7) is 5.97. The van der Waals surface area contributed by atoms with Crippen LogP contribution in [0.1, 0.15) is 45.4 Å². The maximum absolute atomic E-state index is 3.72. The van der Waals surface area contributed by atoms with E-state index in [2.05, 4.69) is 36.1 Å². The van der Waals surface area contributed by atoms with Crippen molar-refractivity contribution in [1.82, 2.24) is 0 Å². The third kappa shape index (κ3) is 8.38. The summed E-state index contributed by atoms with van der Waals surface area (Å²) in [4.78, 5) is 0. The maximum Gasteiger partial charge on any atom is 0.0110 e. The lowest BCUT2D eigenvalue weighted by Gasteiger charge is -2.06. The molecule has 0 aliphatic carbocycles. The first-order chi connectivity index (χ1) is 5.31. The van der Waals surface area contributed by atoms with Gasteiger partial charge in [-0.3, -0.25) is 0 Å². The van der Waals surface area contributed by atoms with Crippen LogP contribution in [0, 0.1) is 0 Å². The van der Waals surface area contributed by atoms with E-state index in [-0.39, 0.29) is 0 Å². The number of hydrogen-bond donors (Lipinski definition) is 0. The first-order valence-electron chi connectivity index (χ1n) is 4.56. The van der Waals surface area contributed by atoms with Gasteiger partial charge in [-0.15, -0.1) is 6.58 Å². The first-order valence-corrected chi connectivity index (χ1v) is 5.80. The van der Waals surface area contributed by atoms with Gasteiger partial charge in [-0.25, -0.2) is 0 Å². The van der Waals surface area contributed by atoms with Gasteiger partial charge in [-0.1, -0.05) is 48.4 Å². The fourth-order valence-corrected chi connectivity index (χ4v) is 1.93. The monoisotopic (exact) mass is 266 g/mol. The molecule has 0 rings (SSSR count). The minimum absolute atomic E-state index is 0.896. The molecule has 0 aromatic carbocycles. The van der Waals surface area contributed by atoms with Gasteiger partial charge in [0, 0.05) is 3.92 Å². The average Bonchev–Trinajstić information content (AvgIpc) is 2.01. The summed E-state index contributed by atoms with van der Waals surface area (Å²) in [5, 5.41) is 0. The van der Waals surface area contributed by atoms with Gasteiger partial charge in [-0.05, 0) is 25.7 Å². The highest BCUT2D eigenvalue weighted by atomic mass is 127. The van der Waals surface area contributed by atoms with Crippen molar-refractivity contribution in [3.05, 3.63) is 12.7 Å². The maximum atomic E-state index is 3.72. The summed E-state index contributed by atoms with van der Waals surface area (Å²) < 4.78 is 0.896. The molecule has 0 radical (unpaired) electrons. The van der Waals surface area contributed by atoms with Crippen LogP contribution in [0.15, 0.2) is 12.7 Å². The van der Waals surface area contributed by atoms with E-state index in [0.717, 1.165) is 3.92 Å². The van der Waals surface area contributed by atoms with Crippen LogP contribution in [-0.4, -0.2) is 3.92 Å². The van der Waals surface area contributed by atoms with E-state index in [4.69, 9.17) is 0 Å². The zero-order valence-corrected chi connectivity index (χ0v) is 9.64. The van der Waals surface area contributed by atoms with Crippen molar-refractivity contribution in [2.24, 2.45) is 0 Å². The van der Waals surface area contributed by atoms with E-state index in [1.807, 2.05) is 6.08 Å². The van der Waals surface area contributed by atoms with E-state index >= 15 is 0 Å². The predicted molar refractivity (Wildman–Crippen MR) is 61.4 cm³/mol. The fraction of sp³-hybridized carbons (Fsp3) is 0.800. The van der Waals surface area contributed by atoms with Crippen LogP contribution in [0.3, 0.4) is 0 Å². The average molecular weight is 266 g/mol. The topological polar surface area (TPSA) is 0 Å². The summed E-state index contributed by atoms with van der Waals surface area (Å²) in [5.41, 5.74) is 0. The molecule has 1 heteroatoms. The molecule has 1 atom stereocenters. The molecule has 0 bridgehead atoms. The van der Waals surface area contributed by atoms with Crippen LogP contribution >= 0.6 is 22.6 Å². The smallest absolute Gasteiger partial charge is 0.0110 e. The van der Waals surface area contributed by atoms with Gasteiger partial charge in [0.15, 0.2) is 0 Å². The standard InChI is InChI=1S/C10H19I/c1-3-5-7-9-10(11)8-6-4-2/h3,10H,1,4-9H2,2H3. The summed E-state index contributed by atoms with van der Waals surface area (Å²) in [6.07, 6.45) is 10.0. The van der Waals surface area contributed by atoms with Gasteiger partial charge in [-0.2, -0.15) is 0 Å². The van der Waals surface area contributed by atoms with Crippen LogP contribution in [0.2, 0.25) is 0 Å². The van der Waals surface area contributed by atoms with Crippen molar-refractivity contribution in [1.29, 1.82) is 0 Å². The van der Waals surface area contributed by atoms with Crippen LogP contribution in [0.4, 0.5) is 0 Å². The van der Waals surface area contributed by atoms with Gasteiger partial charge >= 0.3 is 0 Å². The van der Waals surface area contributed by atoms with Gasteiger partial charge < -0.3 is 0 Å². The molecule has 0 spiro atoms. The molecule has 11 heavy (non-hydrogen) atoms. The van der Waals surface area contributed by atoms with Crippen molar-refractivity contribution < 1.29 is 0 Å². The molecule has 0 nitrogen and oxygen atoms in total. The Morgan fingerprint density at radius 2 is 2.00 bits per heavy atom. The Kier molecular flexibility index (Phi) is 8.93. The van der Waals surface area contributed by atoms with Gasteiger partial charge in [0.2, 0.25) is 0 Å². The molecular weight excluding hydrogens is 247 g/mol. The van der Waals surface area contributed by atoms with Crippen molar-refractivity contribution in [2.45, 2.75) is 49.4 Å². The molecule has 0 aromatic heterocycles. The van der Waals surface area contributed by atoms with Crippen molar-refractivity contribution >= 4 is 22.6 Å². The van der Waals surface area contributed by atoms with Crippen molar-refractivity contribution in [3.8, 4) is 0 Å². The molecule has 0 aromatic rings. The summed E-state index contributed by atoms with van der Waals surface area (Å²) >= 11 is 2.57. The Labute approximate surface area is 84.6 Å². The zero-order valence-electron chi connectivity index (χ0n) is 7.48. The lowest BCUT2D eigenvalue weighted by atomic mass is 10.1. The number of halogens is 1. The number of allylic oxidation sites excluding steroid dienone is 1. The minimum atomic E-state index is 0.896. The SMILES string of the molecule is C=CCCCC(I)CCCC. The van der Waals surface area contributed by atoms with E-state index < -0.39 is 0 Å². The van der Waals surface area contributed by atoms with Crippen molar-refractivity contribution in [3.63, 3.8) is 0 Å².